The second-order valence-electron chi connectivity index (χ2n) is 2.83. The lowest BCUT2D eigenvalue weighted by Gasteiger charge is -2.04. The molecule has 1 aromatic heterocycles. The molecule has 0 spiro atoms. The van der Waals surface area contributed by atoms with Crippen LogP contribution in [0.15, 0.2) is 36.2 Å². The topological polar surface area (TPSA) is 43.3 Å². The van der Waals surface area contributed by atoms with Crippen molar-refractivity contribution in [2.45, 2.75) is 6.92 Å². The number of hydrogen-bond acceptors (Lipinski definition) is 3. The molecule has 4 nitrogen and oxygen atoms in total. The Kier molecular flexibility index (Phi) is 3.79. The van der Waals surface area contributed by atoms with Crippen molar-refractivity contribution in [2.24, 2.45) is 0 Å². The summed E-state index contributed by atoms with van der Waals surface area (Å²) in [6.45, 7) is 2.32. The zero-order valence-corrected chi connectivity index (χ0v) is 8.36. The molecule has 0 aromatic carbocycles. The van der Waals surface area contributed by atoms with Crippen LogP contribution in [0.1, 0.15) is 6.92 Å². The van der Waals surface area contributed by atoms with E-state index in [1.54, 1.807) is 13.0 Å². The van der Waals surface area contributed by atoms with E-state index in [2.05, 4.69) is 10.2 Å². The molecule has 76 valence electrons. The van der Waals surface area contributed by atoms with Gasteiger partial charge in [0.15, 0.2) is 0 Å². The Balaban J connectivity index is 2.36. The highest BCUT2D eigenvalue weighted by Crippen LogP contribution is 1.94. The lowest BCUT2D eigenvalue weighted by molar-refractivity contribution is -0.136. The number of hydrogen-bond donors (Lipinski definition) is 1. The minimum Gasteiger partial charge on any atom is -0.466 e. The Hall–Kier alpha value is -1.71. The SMILES string of the molecule is COC(=O)/C(C)=C/CNn1cccc1. The van der Waals surface area contributed by atoms with Crippen LogP contribution in [0.4, 0.5) is 0 Å². The molecule has 0 unspecified atom stereocenters. The lowest BCUT2D eigenvalue weighted by atomic mass is 10.3. The molecule has 0 saturated heterocycles. The molecule has 1 N–H and O–H groups in total. The highest BCUT2D eigenvalue weighted by atomic mass is 16.5. The summed E-state index contributed by atoms with van der Waals surface area (Å²) in [6, 6.07) is 3.84. The maximum absolute atomic E-state index is 11.0. The summed E-state index contributed by atoms with van der Waals surface area (Å²) in [7, 11) is 1.37. The zero-order chi connectivity index (χ0) is 10.4. The van der Waals surface area contributed by atoms with Crippen molar-refractivity contribution in [2.75, 3.05) is 19.1 Å². The van der Waals surface area contributed by atoms with Gasteiger partial charge in [-0.15, -0.1) is 0 Å². The van der Waals surface area contributed by atoms with Gasteiger partial charge in [-0.3, -0.25) is 4.68 Å². The van der Waals surface area contributed by atoms with Gasteiger partial charge < -0.3 is 10.2 Å². The summed E-state index contributed by atoms with van der Waals surface area (Å²) in [6.07, 6.45) is 5.56. The van der Waals surface area contributed by atoms with Crippen molar-refractivity contribution in [3.8, 4) is 0 Å². The largest absolute Gasteiger partial charge is 0.466 e. The van der Waals surface area contributed by atoms with Gasteiger partial charge in [-0.25, -0.2) is 4.79 Å². The monoisotopic (exact) mass is 194 g/mol. The second-order valence-corrected chi connectivity index (χ2v) is 2.83. The number of carbonyl (C=O) groups excluding carboxylic acids is 1. The van der Waals surface area contributed by atoms with Crippen LogP contribution in [0.2, 0.25) is 0 Å². The minimum absolute atomic E-state index is 0.292. The van der Waals surface area contributed by atoms with Gasteiger partial charge in [-0.1, -0.05) is 6.08 Å². The molecule has 1 rings (SSSR count). The van der Waals surface area contributed by atoms with E-state index in [0.29, 0.717) is 12.1 Å². The van der Waals surface area contributed by atoms with Crippen LogP contribution >= 0.6 is 0 Å². The summed E-state index contributed by atoms with van der Waals surface area (Å²) < 4.78 is 6.38. The fourth-order valence-corrected chi connectivity index (χ4v) is 0.988. The van der Waals surface area contributed by atoms with E-state index >= 15 is 0 Å². The molecular formula is C10H14N2O2. The number of ether oxygens (including phenoxy) is 1. The predicted molar refractivity (Wildman–Crippen MR) is 54.4 cm³/mol. The van der Waals surface area contributed by atoms with Gasteiger partial charge in [0.2, 0.25) is 0 Å². The molecular weight excluding hydrogens is 180 g/mol. The molecule has 0 aliphatic heterocycles. The molecule has 4 heteroatoms. The quantitative estimate of drug-likeness (QED) is 0.577. The standard InChI is InChI=1S/C10H14N2O2/c1-9(10(13)14-2)5-6-11-12-7-3-4-8-12/h3-5,7-8,11H,6H2,1-2H3/b9-5+. The summed E-state index contributed by atoms with van der Waals surface area (Å²) in [5.74, 6) is -0.292. The summed E-state index contributed by atoms with van der Waals surface area (Å²) in [4.78, 5) is 11.0. The van der Waals surface area contributed by atoms with Crippen molar-refractivity contribution in [1.29, 1.82) is 0 Å². The lowest BCUT2D eigenvalue weighted by Crippen LogP contribution is -2.13. The molecule has 1 aromatic rings. The van der Waals surface area contributed by atoms with Crippen molar-refractivity contribution in [3.05, 3.63) is 36.2 Å². The number of aromatic nitrogens is 1. The Bertz CT molecular complexity index is 315. The van der Waals surface area contributed by atoms with Gasteiger partial charge in [0, 0.05) is 18.0 Å². The normalized spacial score (nSPS) is 11.1. The Morgan fingerprint density at radius 3 is 2.71 bits per heavy atom. The fourth-order valence-electron chi connectivity index (χ4n) is 0.988. The number of nitrogens with one attached hydrogen (secondary N) is 1. The predicted octanol–water partition coefficient (Wildman–Crippen LogP) is 1.15. The summed E-state index contributed by atoms with van der Waals surface area (Å²) in [5, 5.41) is 0. The van der Waals surface area contributed by atoms with Crippen LogP contribution < -0.4 is 5.43 Å². The van der Waals surface area contributed by atoms with Crippen LogP contribution in [0.25, 0.3) is 0 Å². The third-order valence-corrected chi connectivity index (χ3v) is 1.79. The molecule has 0 saturated carbocycles. The second kappa shape index (κ2) is 5.11. The van der Waals surface area contributed by atoms with E-state index in [1.807, 2.05) is 29.2 Å². The summed E-state index contributed by atoms with van der Waals surface area (Å²) in [5.41, 5.74) is 3.67. The fraction of sp³-hybridized carbons (Fsp3) is 0.300. The first-order valence-corrected chi connectivity index (χ1v) is 4.36. The average Bonchev–Trinajstić information content (AvgIpc) is 2.69. The van der Waals surface area contributed by atoms with Crippen LogP contribution in [0, 0.1) is 0 Å². The van der Waals surface area contributed by atoms with Crippen LogP contribution in [0.5, 0.6) is 0 Å². The molecule has 0 radical (unpaired) electrons. The molecule has 0 aliphatic rings. The van der Waals surface area contributed by atoms with E-state index in [1.165, 1.54) is 7.11 Å². The average molecular weight is 194 g/mol. The molecule has 0 fully saturated rings. The third kappa shape index (κ3) is 2.97. The maximum Gasteiger partial charge on any atom is 0.333 e. The third-order valence-electron chi connectivity index (χ3n) is 1.79. The van der Waals surface area contributed by atoms with Crippen molar-refractivity contribution >= 4 is 5.97 Å². The Morgan fingerprint density at radius 2 is 2.14 bits per heavy atom. The van der Waals surface area contributed by atoms with Gasteiger partial charge in [0.05, 0.1) is 13.7 Å². The first-order chi connectivity index (χ1) is 6.74. The Labute approximate surface area is 83.1 Å². The number of esters is 1. The highest BCUT2D eigenvalue weighted by Gasteiger charge is 2.00. The smallest absolute Gasteiger partial charge is 0.333 e. The van der Waals surface area contributed by atoms with Gasteiger partial charge in [-0.2, -0.15) is 0 Å². The molecule has 1 heterocycles. The van der Waals surface area contributed by atoms with Crippen molar-refractivity contribution in [1.82, 2.24) is 4.68 Å². The van der Waals surface area contributed by atoms with E-state index < -0.39 is 0 Å². The number of methoxy groups -OCH3 is 1. The Morgan fingerprint density at radius 1 is 1.50 bits per heavy atom. The molecule has 14 heavy (non-hydrogen) atoms. The van der Waals surface area contributed by atoms with E-state index in [-0.39, 0.29) is 5.97 Å². The van der Waals surface area contributed by atoms with E-state index in [9.17, 15) is 4.79 Å². The van der Waals surface area contributed by atoms with Gasteiger partial charge in [0.1, 0.15) is 0 Å². The van der Waals surface area contributed by atoms with Crippen LogP contribution in [-0.2, 0) is 9.53 Å². The molecule has 0 bridgehead atoms. The van der Waals surface area contributed by atoms with Crippen LogP contribution in [0.3, 0.4) is 0 Å². The number of carbonyl (C=O) groups is 1. The summed E-state index contributed by atoms with van der Waals surface area (Å²) >= 11 is 0. The number of rotatable bonds is 4. The van der Waals surface area contributed by atoms with Crippen LogP contribution in [-0.4, -0.2) is 24.3 Å². The van der Waals surface area contributed by atoms with Crippen molar-refractivity contribution < 1.29 is 9.53 Å². The van der Waals surface area contributed by atoms with Gasteiger partial charge in [0.25, 0.3) is 0 Å². The van der Waals surface area contributed by atoms with Gasteiger partial charge >= 0.3 is 5.97 Å². The van der Waals surface area contributed by atoms with E-state index in [4.69, 9.17) is 0 Å². The van der Waals surface area contributed by atoms with Crippen molar-refractivity contribution in [3.63, 3.8) is 0 Å². The zero-order valence-electron chi connectivity index (χ0n) is 8.36. The molecule has 0 aliphatic carbocycles. The minimum atomic E-state index is -0.292. The van der Waals surface area contributed by atoms with E-state index in [0.717, 1.165) is 0 Å². The van der Waals surface area contributed by atoms with Gasteiger partial charge in [-0.05, 0) is 19.1 Å². The first kappa shape index (κ1) is 10.4. The first-order valence-electron chi connectivity index (χ1n) is 4.36. The number of nitrogens with zero attached hydrogens (tertiary/aromatic N) is 1. The maximum atomic E-state index is 11.0. The highest BCUT2D eigenvalue weighted by molar-refractivity contribution is 5.87. The molecule has 0 amide bonds. The molecule has 0 atom stereocenters.